The lowest BCUT2D eigenvalue weighted by Crippen LogP contribution is -2.17. The van der Waals surface area contributed by atoms with Crippen LogP contribution in [0.5, 0.6) is 5.75 Å². The van der Waals surface area contributed by atoms with Crippen LogP contribution in [0.1, 0.15) is 31.9 Å². The van der Waals surface area contributed by atoms with E-state index in [2.05, 4.69) is 6.08 Å². The number of carboxylic acids is 1. The Kier molecular flexibility index (Phi) is 6.11. The van der Waals surface area contributed by atoms with Crippen LogP contribution in [0.15, 0.2) is 72.3 Å². The number of carboxylic acid groups (broad SMARTS) is 1. The van der Waals surface area contributed by atoms with Gasteiger partial charge in [-0.1, -0.05) is 50.3 Å². The third-order valence-electron chi connectivity index (χ3n) is 4.86. The Morgan fingerprint density at radius 1 is 1.10 bits per heavy atom. The number of alkyl halides is 3. The van der Waals surface area contributed by atoms with E-state index in [1.807, 2.05) is 38.1 Å². The van der Waals surface area contributed by atoms with Crippen LogP contribution in [0, 0.1) is 5.41 Å². The average Bonchev–Trinajstić information content (AvgIpc) is 2.81. The van der Waals surface area contributed by atoms with Crippen LogP contribution < -0.4 is 4.74 Å². The van der Waals surface area contributed by atoms with Crippen molar-refractivity contribution >= 4 is 11.5 Å². The number of aliphatic carboxylic acids is 1. The lowest BCUT2D eigenvalue weighted by Gasteiger charge is -2.18. The Morgan fingerprint density at radius 3 is 2.35 bits per heavy atom. The molecule has 0 saturated carbocycles. The van der Waals surface area contributed by atoms with E-state index >= 15 is 0 Å². The summed E-state index contributed by atoms with van der Waals surface area (Å²) in [6, 6.07) is 10.5. The molecule has 162 valence electrons. The van der Waals surface area contributed by atoms with Crippen LogP contribution in [0.2, 0.25) is 0 Å². The van der Waals surface area contributed by atoms with Gasteiger partial charge in [0.15, 0.2) is 0 Å². The zero-order chi connectivity index (χ0) is 22.8. The predicted molar refractivity (Wildman–Crippen MR) is 115 cm³/mol. The van der Waals surface area contributed by atoms with E-state index < -0.39 is 17.7 Å². The molecule has 1 aliphatic heterocycles. The molecule has 0 spiro atoms. The topological polar surface area (TPSA) is 46.5 Å². The number of fused-ring (bicyclic) bond motifs is 1. The average molecular weight is 428 g/mol. The van der Waals surface area contributed by atoms with Gasteiger partial charge in [-0.25, -0.2) is 4.79 Å². The van der Waals surface area contributed by atoms with Gasteiger partial charge >= 0.3 is 12.1 Å². The zero-order valence-corrected chi connectivity index (χ0v) is 17.5. The third kappa shape index (κ3) is 5.66. The van der Waals surface area contributed by atoms with E-state index in [1.165, 1.54) is 12.1 Å². The molecule has 0 atom stereocenters. The molecule has 3 rings (SSSR count). The minimum atomic E-state index is -4.38. The van der Waals surface area contributed by atoms with Crippen molar-refractivity contribution in [3.63, 3.8) is 0 Å². The van der Waals surface area contributed by atoms with Crippen LogP contribution in [0.3, 0.4) is 0 Å². The number of allylic oxidation sites excluding steroid dienone is 4. The molecular weight excluding hydrogens is 405 g/mol. The minimum Gasteiger partial charge on any atom is -0.492 e. The van der Waals surface area contributed by atoms with Gasteiger partial charge in [-0.05, 0) is 53.5 Å². The first-order chi connectivity index (χ1) is 14.4. The highest BCUT2D eigenvalue weighted by Gasteiger charge is 2.30. The summed E-state index contributed by atoms with van der Waals surface area (Å²) in [6.45, 7) is 6.22. The number of ether oxygens (including phenoxy) is 1. The van der Waals surface area contributed by atoms with E-state index in [-0.39, 0.29) is 5.41 Å². The Hall–Kier alpha value is -3.28. The van der Waals surface area contributed by atoms with Gasteiger partial charge in [0, 0.05) is 17.1 Å². The zero-order valence-electron chi connectivity index (χ0n) is 17.5. The standard InChI is InChI=1S/C25H23F3O3/c1-16(12-23(29)30)4-5-19-14-24(2,3)15-31-22-11-8-18(13-21(19)22)17-6-9-20(10-7-17)25(26,27)28/h4-14H,15H2,1-3H3,(H,29,30). The molecule has 31 heavy (non-hydrogen) atoms. The Morgan fingerprint density at radius 2 is 1.74 bits per heavy atom. The van der Waals surface area contributed by atoms with Gasteiger partial charge in [0.05, 0.1) is 12.2 Å². The van der Waals surface area contributed by atoms with Crippen molar-refractivity contribution in [2.24, 2.45) is 5.41 Å². The Labute approximate surface area is 179 Å². The molecule has 0 bridgehead atoms. The van der Waals surface area contributed by atoms with Gasteiger partial charge in [-0.2, -0.15) is 13.2 Å². The first kappa shape index (κ1) is 22.4. The summed E-state index contributed by atoms with van der Waals surface area (Å²) < 4.78 is 44.6. The fourth-order valence-corrected chi connectivity index (χ4v) is 3.32. The van der Waals surface area contributed by atoms with Crippen LogP contribution in [0.4, 0.5) is 13.2 Å². The number of benzene rings is 2. The molecule has 0 aromatic heterocycles. The largest absolute Gasteiger partial charge is 0.492 e. The Balaban J connectivity index is 2.04. The van der Waals surface area contributed by atoms with Gasteiger partial charge in [0.1, 0.15) is 5.75 Å². The lowest BCUT2D eigenvalue weighted by molar-refractivity contribution is -0.137. The van der Waals surface area contributed by atoms with E-state index in [0.29, 0.717) is 23.5 Å². The van der Waals surface area contributed by atoms with Crippen LogP contribution >= 0.6 is 0 Å². The van der Waals surface area contributed by atoms with Crippen LogP contribution in [0.25, 0.3) is 16.7 Å². The van der Waals surface area contributed by atoms with Crippen molar-refractivity contribution in [1.29, 1.82) is 0 Å². The second-order valence-corrected chi connectivity index (χ2v) is 8.22. The number of halogens is 3. The van der Waals surface area contributed by atoms with Gasteiger partial charge in [-0.15, -0.1) is 0 Å². The summed E-state index contributed by atoms with van der Waals surface area (Å²) >= 11 is 0. The highest BCUT2D eigenvalue weighted by atomic mass is 19.4. The van der Waals surface area contributed by atoms with E-state index in [0.717, 1.165) is 34.9 Å². The lowest BCUT2D eigenvalue weighted by atomic mass is 9.89. The van der Waals surface area contributed by atoms with Crippen molar-refractivity contribution in [2.45, 2.75) is 26.9 Å². The summed E-state index contributed by atoms with van der Waals surface area (Å²) in [5.74, 6) is -0.359. The summed E-state index contributed by atoms with van der Waals surface area (Å²) in [4.78, 5) is 10.9. The monoisotopic (exact) mass is 428 g/mol. The first-order valence-corrected chi connectivity index (χ1v) is 9.72. The molecule has 2 aromatic carbocycles. The van der Waals surface area contributed by atoms with E-state index in [9.17, 15) is 18.0 Å². The maximum atomic E-state index is 12.9. The molecule has 0 unspecified atom stereocenters. The predicted octanol–water partition coefficient (Wildman–Crippen LogP) is 6.76. The van der Waals surface area contributed by atoms with Gasteiger partial charge in [0.2, 0.25) is 0 Å². The van der Waals surface area contributed by atoms with Crippen molar-refractivity contribution < 1.29 is 27.8 Å². The second-order valence-electron chi connectivity index (χ2n) is 8.22. The second kappa shape index (κ2) is 8.46. The Bertz CT molecular complexity index is 1070. The molecule has 1 N–H and O–H groups in total. The summed E-state index contributed by atoms with van der Waals surface area (Å²) in [5, 5.41) is 8.92. The van der Waals surface area contributed by atoms with Crippen molar-refractivity contribution in [2.75, 3.05) is 6.61 Å². The van der Waals surface area contributed by atoms with Gasteiger partial charge in [0.25, 0.3) is 0 Å². The number of carbonyl (C=O) groups is 1. The van der Waals surface area contributed by atoms with Crippen molar-refractivity contribution in [3.05, 3.63) is 83.5 Å². The smallest absolute Gasteiger partial charge is 0.416 e. The van der Waals surface area contributed by atoms with Crippen LogP contribution in [-0.4, -0.2) is 17.7 Å². The maximum absolute atomic E-state index is 12.9. The van der Waals surface area contributed by atoms with Gasteiger partial charge in [-0.3, -0.25) is 0 Å². The molecular formula is C25H23F3O3. The molecule has 3 nitrogen and oxygen atoms in total. The maximum Gasteiger partial charge on any atom is 0.416 e. The fraction of sp³-hybridized carbons (Fsp3) is 0.240. The molecule has 0 radical (unpaired) electrons. The molecule has 0 saturated heterocycles. The molecule has 1 heterocycles. The van der Waals surface area contributed by atoms with Crippen molar-refractivity contribution in [1.82, 2.24) is 0 Å². The summed E-state index contributed by atoms with van der Waals surface area (Å²) in [5.41, 5.74) is 2.68. The van der Waals surface area contributed by atoms with Crippen molar-refractivity contribution in [3.8, 4) is 16.9 Å². The minimum absolute atomic E-state index is 0.266. The molecule has 6 heteroatoms. The first-order valence-electron chi connectivity index (χ1n) is 9.72. The third-order valence-corrected chi connectivity index (χ3v) is 4.86. The molecule has 0 aliphatic carbocycles. The van der Waals surface area contributed by atoms with E-state index in [4.69, 9.17) is 9.84 Å². The number of rotatable bonds is 4. The SMILES string of the molecule is CC(C=CC1=CC(C)(C)COc2ccc(-c3ccc(C(F)(F)F)cc3)cc21)=CC(=O)O. The van der Waals surface area contributed by atoms with Gasteiger partial charge < -0.3 is 9.84 Å². The summed E-state index contributed by atoms with van der Waals surface area (Å²) in [6.07, 6.45) is 2.35. The fourth-order valence-electron chi connectivity index (χ4n) is 3.32. The number of hydrogen-bond acceptors (Lipinski definition) is 2. The van der Waals surface area contributed by atoms with Crippen LogP contribution in [-0.2, 0) is 11.0 Å². The molecule has 2 aromatic rings. The normalized spacial score (nSPS) is 16.3. The number of hydrogen-bond donors (Lipinski definition) is 1. The summed E-state index contributed by atoms with van der Waals surface area (Å²) in [7, 11) is 0. The quantitative estimate of drug-likeness (QED) is 0.432. The molecule has 0 amide bonds. The molecule has 0 fully saturated rings. The highest BCUT2D eigenvalue weighted by molar-refractivity contribution is 5.84. The van der Waals surface area contributed by atoms with E-state index in [1.54, 1.807) is 13.0 Å². The molecule has 1 aliphatic rings. The highest BCUT2D eigenvalue weighted by Crippen LogP contribution is 2.39.